The minimum Gasteiger partial charge on any atom is -0.483 e. The summed E-state index contributed by atoms with van der Waals surface area (Å²) in [6, 6.07) is 7.14. The average Bonchev–Trinajstić information content (AvgIpc) is 2.50. The molecule has 114 valence electrons. The molecule has 0 saturated heterocycles. The van der Waals surface area contributed by atoms with Gasteiger partial charge >= 0.3 is 0 Å². The Morgan fingerprint density at radius 2 is 2.10 bits per heavy atom. The van der Waals surface area contributed by atoms with Crippen molar-refractivity contribution in [2.45, 2.75) is 39.2 Å². The quantitative estimate of drug-likeness (QED) is 0.848. The lowest BCUT2D eigenvalue weighted by Crippen LogP contribution is -2.45. The van der Waals surface area contributed by atoms with Crippen molar-refractivity contribution in [2.75, 3.05) is 6.61 Å². The third-order valence-corrected chi connectivity index (χ3v) is 4.46. The van der Waals surface area contributed by atoms with E-state index < -0.39 is 0 Å². The number of amides is 1. The normalized spacial score (nSPS) is 25.1. The Bertz CT molecular complexity index is 501. The first-order chi connectivity index (χ1) is 10.1. The van der Waals surface area contributed by atoms with Crippen LogP contribution in [-0.2, 0) is 4.79 Å². The maximum Gasteiger partial charge on any atom is 0.258 e. The van der Waals surface area contributed by atoms with Crippen LogP contribution in [0.25, 0.3) is 0 Å². The number of aldehydes is 1. The summed E-state index contributed by atoms with van der Waals surface area (Å²) in [4.78, 5) is 22.9. The second-order valence-electron chi connectivity index (χ2n) is 5.89. The number of carbonyl (C=O) groups is 2. The summed E-state index contributed by atoms with van der Waals surface area (Å²) in [5, 5.41) is 3.05. The van der Waals surface area contributed by atoms with Gasteiger partial charge < -0.3 is 10.1 Å². The van der Waals surface area contributed by atoms with Crippen molar-refractivity contribution in [2.24, 2.45) is 11.8 Å². The zero-order valence-corrected chi connectivity index (χ0v) is 12.7. The first kappa shape index (κ1) is 15.5. The molecule has 1 aromatic rings. The van der Waals surface area contributed by atoms with Crippen molar-refractivity contribution < 1.29 is 14.3 Å². The van der Waals surface area contributed by atoms with E-state index in [1.165, 1.54) is 6.42 Å². The highest BCUT2D eigenvalue weighted by atomic mass is 16.5. The highest BCUT2D eigenvalue weighted by Crippen LogP contribution is 2.29. The van der Waals surface area contributed by atoms with E-state index in [1.807, 2.05) is 0 Å². The third kappa shape index (κ3) is 4.06. The fourth-order valence-electron chi connectivity index (χ4n) is 2.89. The Morgan fingerprint density at radius 3 is 2.86 bits per heavy atom. The number of hydrogen-bond acceptors (Lipinski definition) is 3. The van der Waals surface area contributed by atoms with Crippen molar-refractivity contribution >= 4 is 12.2 Å². The number of rotatable bonds is 5. The number of benzene rings is 1. The number of para-hydroxylation sites is 1. The molecular formula is C17H23NO3. The first-order valence-electron chi connectivity index (χ1n) is 7.58. The summed E-state index contributed by atoms with van der Waals surface area (Å²) < 4.78 is 5.45. The zero-order valence-electron chi connectivity index (χ0n) is 12.7. The molecular weight excluding hydrogens is 266 g/mol. The number of carbonyl (C=O) groups excluding carboxylic acids is 2. The van der Waals surface area contributed by atoms with Crippen LogP contribution >= 0.6 is 0 Å². The van der Waals surface area contributed by atoms with Gasteiger partial charge in [0.05, 0.1) is 5.56 Å². The van der Waals surface area contributed by atoms with Crippen LogP contribution in [0.3, 0.4) is 0 Å². The maximum atomic E-state index is 12.0. The molecule has 21 heavy (non-hydrogen) atoms. The predicted molar refractivity (Wildman–Crippen MR) is 81.4 cm³/mol. The van der Waals surface area contributed by atoms with Crippen molar-refractivity contribution in [3.8, 4) is 5.75 Å². The SMILES string of the molecule is CC1CCCC(NC(=O)COc2ccccc2C=O)C1C. The lowest BCUT2D eigenvalue weighted by Gasteiger charge is -2.34. The van der Waals surface area contributed by atoms with E-state index in [2.05, 4.69) is 19.2 Å². The molecule has 2 rings (SSSR count). The van der Waals surface area contributed by atoms with Gasteiger partial charge in [0.15, 0.2) is 12.9 Å². The van der Waals surface area contributed by atoms with E-state index >= 15 is 0 Å². The molecule has 0 bridgehead atoms. The molecule has 1 N–H and O–H groups in total. The van der Waals surface area contributed by atoms with Crippen LogP contribution in [0.5, 0.6) is 5.75 Å². The van der Waals surface area contributed by atoms with Gasteiger partial charge in [-0.25, -0.2) is 0 Å². The Morgan fingerprint density at radius 1 is 1.33 bits per heavy atom. The molecule has 1 amide bonds. The molecule has 3 unspecified atom stereocenters. The monoisotopic (exact) mass is 289 g/mol. The van der Waals surface area contributed by atoms with E-state index in [4.69, 9.17) is 4.74 Å². The summed E-state index contributed by atoms with van der Waals surface area (Å²) in [6.45, 7) is 4.37. The lowest BCUT2D eigenvalue weighted by atomic mass is 9.78. The van der Waals surface area contributed by atoms with Crippen LogP contribution in [0.1, 0.15) is 43.5 Å². The van der Waals surface area contributed by atoms with Crippen molar-refractivity contribution in [3.05, 3.63) is 29.8 Å². The van der Waals surface area contributed by atoms with Gasteiger partial charge in [0.25, 0.3) is 5.91 Å². The topological polar surface area (TPSA) is 55.4 Å². The van der Waals surface area contributed by atoms with Crippen LogP contribution in [0.4, 0.5) is 0 Å². The van der Waals surface area contributed by atoms with Crippen molar-refractivity contribution in [1.82, 2.24) is 5.32 Å². The van der Waals surface area contributed by atoms with Gasteiger partial charge in [-0.15, -0.1) is 0 Å². The van der Waals surface area contributed by atoms with E-state index in [1.54, 1.807) is 24.3 Å². The predicted octanol–water partition coefficient (Wildman–Crippen LogP) is 2.82. The van der Waals surface area contributed by atoms with Gasteiger partial charge in [-0.05, 0) is 30.4 Å². The molecule has 4 heteroatoms. The molecule has 0 aliphatic heterocycles. The van der Waals surface area contributed by atoms with E-state index in [0.29, 0.717) is 23.1 Å². The Balaban J connectivity index is 1.86. The fraction of sp³-hybridized carbons (Fsp3) is 0.529. The van der Waals surface area contributed by atoms with E-state index in [9.17, 15) is 9.59 Å². The maximum absolute atomic E-state index is 12.0. The highest BCUT2D eigenvalue weighted by Gasteiger charge is 2.28. The second kappa shape index (κ2) is 7.25. The summed E-state index contributed by atoms with van der Waals surface area (Å²) in [7, 11) is 0. The van der Waals surface area contributed by atoms with Gasteiger partial charge in [0, 0.05) is 6.04 Å². The molecule has 1 saturated carbocycles. The van der Waals surface area contributed by atoms with Gasteiger partial charge in [-0.2, -0.15) is 0 Å². The third-order valence-electron chi connectivity index (χ3n) is 4.46. The minimum absolute atomic E-state index is 0.0531. The smallest absolute Gasteiger partial charge is 0.258 e. The molecule has 0 spiro atoms. The molecule has 0 radical (unpaired) electrons. The van der Waals surface area contributed by atoms with Gasteiger partial charge in [0.1, 0.15) is 5.75 Å². The van der Waals surface area contributed by atoms with Crippen LogP contribution < -0.4 is 10.1 Å². The zero-order chi connectivity index (χ0) is 15.2. The van der Waals surface area contributed by atoms with E-state index in [0.717, 1.165) is 19.1 Å². The van der Waals surface area contributed by atoms with Crippen molar-refractivity contribution in [1.29, 1.82) is 0 Å². The number of nitrogens with one attached hydrogen (secondary N) is 1. The summed E-state index contributed by atoms with van der Waals surface area (Å²) in [5.74, 6) is 1.46. The van der Waals surface area contributed by atoms with Gasteiger partial charge in [0.2, 0.25) is 0 Å². The molecule has 1 fully saturated rings. The van der Waals surface area contributed by atoms with Gasteiger partial charge in [-0.1, -0.05) is 38.8 Å². The highest BCUT2D eigenvalue weighted by molar-refractivity contribution is 5.80. The summed E-state index contributed by atoms with van der Waals surface area (Å²) in [6.07, 6.45) is 4.16. The van der Waals surface area contributed by atoms with E-state index in [-0.39, 0.29) is 18.6 Å². The molecule has 3 atom stereocenters. The molecule has 1 aliphatic rings. The van der Waals surface area contributed by atoms with Gasteiger partial charge in [-0.3, -0.25) is 9.59 Å². The molecule has 0 aromatic heterocycles. The Kier molecular flexibility index (Phi) is 5.37. The van der Waals surface area contributed by atoms with Crippen LogP contribution in [-0.4, -0.2) is 24.8 Å². The van der Waals surface area contributed by atoms with Crippen LogP contribution in [0.15, 0.2) is 24.3 Å². The summed E-state index contributed by atoms with van der Waals surface area (Å²) in [5.41, 5.74) is 0.463. The Labute approximate surface area is 125 Å². The average molecular weight is 289 g/mol. The molecule has 1 aliphatic carbocycles. The van der Waals surface area contributed by atoms with Crippen LogP contribution in [0.2, 0.25) is 0 Å². The summed E-state index contributed by atoms with van der Waals surface area (Å²) >= 11 is 0. The minimum atomic E-state index is -0.123. The number of hydrogen-bond donors (Lipinski definition) is 1. The largest absolute Gasteiger partial charge is 0.483 e. The first-order valence-corrected chi connectivity index (χ1v) is 7.58. The second-order valence-corrected chi connectivity index (χ2v) is 5.89. The fourth-order valence-corrected chi connectivity index (χ4v) is 2.89. The molecule has 1 aromatic carbocycles. The van der Waals surface area contributed by atoms with Crippen LogP contribution in [0, 0.1) is 11.8 Å². The molecule has 0 heterocycles. The van der Waals surface area contributed by atoms with Crippen molar-refractivity contribution in [3.63, 3.8) is 0 Å². The number of ether oxygens (including phenoxy) is 1. The standard InChI is InChI=1S/C17H23NO3/c1-12-6-5-8-15(13(12)2)18-17(20)11-21-16-9-4-3-7-14(16)10-19/h3-4,7,9-10,12-13,15H,5-6,8,11H2,1-2H3,(H,18,20). The molecule has 4 nitrogen and oxygen atoms in total. The lowest BCUT2D eigenvalue weighted by molar-refractivity contribution is -0.124. The Hall–Kier alpha value is -1.84.